The monoisotopic (exact) mass is 491 g/mol. The second kappa shape index (κ2) is 8.50. The Morgan fingerprint density at radius 2 is 2.14 bits per heavy atom. The Bertz CT molecular complexity index is 1290. The van der Waals surface area contributed by atoms with Crippen LogP contribution in [0, 0.1) is 11.3 Å². The van der Waals surface area contributed by atoms with Gasteiger partial charge in [-0.25, -0.2) is 14.4 Å². The van der Waals surface area contributed by atoms with E-state index in [1.165, 1.54) is 11.3 Å². The van der Waals surface area contributed by atoms with E-state index in [9.17, 15) is 5.11 Å². The number of nitriles is 1. The van der Waals surface area contributed by atoms with Crippen LogP contribution in [0.5, 0.6) is 5.75 Å². The Morgan fingerprint density at radius 1 is 1.29 bits per heavy atom. The van der Waals surface area contributed by atoms with E-state index in [0.717, 1.165) is 38.5 Å². The van der Waals surface area contributed by atoms with Crippen LogP contribution in [0.25, 0.3) is 22.6 Å². The molecule has 2 aliphatic heterocycles. The zero-order chi connectivity index (χ0) is 24.2. The predicted molar refractivity (Wildman–Crippen MR) is 131 cm³/mol. The summed E-state index contributed by atoms with van der Waals surface area (Å²) >= 11 is 1.26. The van der Waals surface area contributed by atoms with E-state index in [0.29, 0.717) is 33.5 Å². The fourth-order valence-electron chi connectivity index (χ4n) is 5.63. The summed E-state index contributed by atoms with van der Waals surface area (Å²) in [5, 5.41) is 34.1. The van der Waals surface area contributed by atoms with Crippen molar-refractivity contribution in [2.24, 2.45) is 0 Å². The van der Waals surface area contributed by atoms with Crippen LogP contribution >= 0.6 is 11.3 Å². The van der Waals surface area contributed by atoms with Crippen LogP contribution in [0.15, 0.2) is 29.8 Å². The Balaban J connectivity index is 1.26. The van der Waals surface area contributed by atoms with Crippen LogP contribution in [0.3, 0.4) is 0 Å². The lowest BCUT2D eigenvalue weighted by Crippen LogP contribution is -2.67. The predicted octanol–water partition coefficient (Wildman–Crippen LogP) is 4.22. The number of thiazole rings is 1. The van der Waals surface area contributed by atoms with Crippen molar-refractivity contribution in [2.45, 2.75) is 75.3 Å². The van der Waals surface area contributed by atoms with Gasteiger partial charge in [-0.1, -0.05) is 6.07 Å². The zero-order valence-corrected chi connectivity index (χ0v) is 20.2. The van der Waals surface area contributed by atoms with Gasteiger partial charge < -0.3 is 15.3 Å². The van der Waals surface area contributed by atoms with Crippen molar-refractivity contribution < 1.29 is 9.50 Å². The summed E-state index contributed by atoms with van der Waals surface area (Å²) in [4.78, 5) is 10.8. The van der Waals surface area contributed by atoms with Gasteiger partial charge in [0, 0.05) is 28.6 Å². The molecule has 1 aliphatic carbocycles. The summed E-state index contributed by atoms with van der Waals surface area (Å²) in [5.41, 5.74) is 1.73. The zero-order valence-electron chi connectivity index (χ0n) is 19.4. The van der Waals surface area contributed by atoms with E-state index in [1.54, 1.807) is 29.8 Å². The van der Waals surface area contributed by atoms with E-state index in [4.69, 9.17) is 5.26 Å². The number of nitrogens with zero attached hydrogens (tertiary/aromatic N) is 6. The highest BCUT2D eigenvalue weighted by Gasteiger charge is 2.50. The average Bonchev–Trinajstić information content (AvgIpc) is 3.57. The third-order valence-corrected chi connectivity index (χ3v) is 8.18. The van der Waals surface area contributed by atoms with Crippen molar-refractivity contribution in [3.63, 3.8) is 0 Å². The highest BCUT2D eigenvalue weighted by Crippen LogP contribution is 2.42. The molecule has 2 aromatic heterocycles. The van der Waals surface area contributed by atoms with Gasteiger partial charge in [0.05, 0.1) is 23.5 Å². The van der Waals surface area contributed by atoms with Gasteiger partial charge in [0.15, 0.2) is 16.6 Å². The summed E-state index contributed by atoms with van der Waals surface area (Å²) in [7, 11) is 0. The van der Waals surface area contributed by atoms with Crippen molar-refractivity contribution in [1.82, 2.24) is 25.5 Å². The molecule has 3 aliphatic rings. The van der Waals surface area contributed by atoms with Gasteiger partial charge >= 0.3 is 0 Å². The fraction of sp³-hybridized carbons (Fsp3) is 0.480. The summed E-state index contributed by atoms with van der Waals surface area (Å²) in [6, 6.07) is 7.04. The van der Waals surface area contributed by atoms with E-state index >= 15 is 4.39 Å². The Kier molecular flexibility index (Phi) is 5.42. The summed E-state index contributed by atoms with van der Waals surface area (Å²) in [6.07, 6.45) is 6.45. The molecule has 1 aromatic carbocycles. The molecular formula is C25H26FN7OS. The highest BCUT2D eigenvalue weighted by molar-refractivity contribution is 7.10. The first-order valence-corrected chi connectivity index (χ1v) is 12.9. The smallest absolute Gasteiger partial charge is 0.194 e. The van der Waals surface area contributed by atoms with Crippen LogP contribution in [0.2, 0.25) is 0 Å². The topological polar surface area (TPSA) is 111 Å². The first-order chi connectivity index (χ1) is 16.9. The number of aromatic hydroxyl groups is 1. The maximum absolute atomic E-state index is 15.6. The minimum Gasteiger partial charge on any atom is -0.507 e. The highest BCUT2D eigenvalue weighted by atomic mass is 32.1. The lowest BCUT2D eigenvalue weighted by molar-refractivity contribution is 0.0584. The Morgan fingerprint density at radius 3 is 2.83 bits per heavy atom. The molecule has 8 nitrogen and oxygen atoms in total. The third kappa shape index (κ3) is 4.13. The van der Waals surface area contributed by atoms with E-state index < -0.39 is 6.17 Å². The van der Waals surface area contributed by atoms with Crippen molar-refractivity contribution in [3.05, 3.63) is 34.8 Å². The molecule has 1 saturated carbocycles. The number of phenols is 1. The van der Waals surface area contributed by atoms with Crippen molar-refractivity contribution in [3.8, 4) is 34.5 Å². The van der Waals surface area contributed by atoms with Crippen LogP contribution in [-0.4, -0.2) is 55.1 Å². The van der Waals surface area contributed by atoms with Gasteiger partial charge in [-0.15, -0.1) is 21.5 Å². The molecule has 2 bridgehead atoms. The maximum atomic E-state index is 15.6. The van der Waals surface area contributed by atoms with Crippen molar-refractivity contribution >= 4 is 17.2 Å². The standard InChI is InChI=1S/C25H26FN7OS/c1-25-8-2-3-17(30-25)23(26)19(10-25)33(15-5-6-15)21-12-28-24(32-31-21)16-7-4-14(9-20(16)34)18-13-35-22(11-27)29-18/h4,7,9,12-13,15,17,19,23,30,34H,2-3,5-6,8,10H2,1H3/t17-,19-,23+,25-/m1/s1. The molecule has 0 radical (unpaired) electrons. The molecule has 4 atom stereocenters. The number of hydrogen-bond acceptors (Lipinski definition) is 9. The minimum atomic E-state index is -0.964. The fourth-order valence-corrected chi connectivity index (χ4v) is 6.24. The Labute approximate surface area is 206 Å². The number of alkyl halides is 1. The molecule has 0 amide bonds. The largest absolute Gasteiger partial charge is 0.507 e. The van der Waals surface area contributed by atoms with Crippen LogP contribution < -0.4 is 10.2 Å². The minimum absolute atomic E-state index is 0.00512. The molecule has 3 fully saturated rings. The molecule has 0 spiro atoms. The number of nitrogens with one attached hydrogen (secondary N) is 1. The first kappa shape index (κ1) is 22.3. The van der Waals surface area contributed by atoms with Gasteiger partial charge in [-0.05, 0) is 57.6 Å². The van der Waals surface area contributed by atoms with Gasteiger partial charge in [0.2, 0.25) is 0 Å². The number of halogens is 1. The van der Waals surface area contributed by atoms with Gasteiger partial charge in [-0.3, -0.25) is 0 Å². The molecule has 2 N–H and O–H groups in total. The average molecular weight is 492 g/mol. The lowest BCUT2D eigenvalue weighted by Gasteiger charge is -2.52. The number of phenolic OH excluding ortho intramolecular Hbond substituents is 1. The SMILES string of the molecule is C[C@]12CCC[C@@H](N1)[C@H](F)[C@H](N(c1cnc(-c3ccc(-c4csc(C#N)n4)cc3O)nn1)C1CC1)C2. The second-order valence-corrected chi connectivity index (χ2v) is 10.9. The van der Waals surface area contributed by atoms with Gasteiger partial charge in [-0.2, -0.15) is 5.26 Å². The second-order valence-electron chi connectivity index (χ2n) is 10.1. The van der Waals surface area contributed by atoms with Crippen molar-refractivity contribution in [2.75, 3.05) is 4.90 Å². The number of piperidine rings is 2. The molecule has 180 valence electrons. The normalized spacial score (nSPS) is 27.9. The number of anilines is 1. The third-order valence-electron chi connectivity index (χ3n) is 7.43. The van der Waals surface area contributed by atoms with Crippen LogP contribution in [0.1, 0.15) is 50.5 Å². The van der Waals surface area contributed by atoms with E-state index in [2.05, 4.69) is 37.3 Å². The molecule has 2 saturated heterocycles. The number of benzene rings is 1. The van der Waals surface area contributed by atoms with Crippen LogP contribution in [0.4, 0.5) is 10.2 Å². The number of rotatable bonds is 5. The van der Waals surface area contributed by atoms with Crippen molar-refractivity contribution in [1.29, 1.82) is 5.26 Å². The number of aromatic nitrogens is 4. The quantitative estimate of drug-likeness (QED) is 0.546. The summed E-state index contributed by atoms with van der Waals surface area (Å²) < 4.78 is 15.6. The van der Waals surface area contributed by atoms with Gasteiger partial charge in [0.1, 0.15) is 18.0 Å². The molecule has 0 unspecified atom stereocenters. The van der Waals surface area contributed by atoms with E-state index in [1.807, 2.05) is 6.07 Å². The molecule has 4 heterocycles. The Hall–Kier alpha value is -3.16. The van der Waals surface area contributed by atoms with Crippen LogP contribution in [-0.2, 0) is 0 Å². The molecule has 3 aromatic rings. The lowest BCUT2D eigenvalue weighted by atomic mass is 9.74. The molecular weight excluding hydrogens is 465 g/mol. The number of hydrogen-bond donors (Lipinski definition) is 2. The summed E-state index contributed by atoms with van der Waals surface area (Å²) in [5.74, 6) is 0.899. The molecule has 35 heavy (non-hydrogen) atoms. The summed E-state index contributed by atoms with van der Waals surface area (Å²) in [6.45, 7) is 2.20. The number of fused-ring (bicyclic) bond motifs is 2. The molecule has 6 rings (SSSR count). The first-order valence-electron chi connectivity index (χ1n) is 12.0. The maximum Gasteiger partial charge on any atom is 0.194 e. The van der Waals surface area contributed by atoms with Gasteiger partial charge in [0.25, 0.3) is 0 Å². The van der Waals surface area contributed by atoms with E-state index in [-0.39, 0.29) is 29.4 Å². The molecule has 10 heteroatoms.